The molecule has 1 amide bonds. The molecule has 0 unspecified atom stereocenters. The number of carbonyl (C=O) groups is 2. The molecule has 0 bridgehead atoms. The smallest absolute Gasteiger partial charge is 0.271 e. The van der Waals surface area contributed by atoms with Gasteiger partial charge in [-0.25, -0.2) is 15.0 Å². The van der Waals surface area contributed by atoms with Gasteiger partial charge in [0.1, 0.15) is 6.29 Å². The molecular formula is C14H14N6O2. The van der Waals surface area contributed by atoms with Gasteiger partial charge in [0.2, 0.25) is 0 Å². The van der Waals surface area contributed by atoms with Crippen molar-refractivity contribution in [3.63, 3.8) is 0 Å². The highest BCUT2D eigenvalue weighted by Gasteiger charge is 2.12. The van der Waals surface area contributed by atoms with Gasteiger partial charge in [0.05, 0.1) is 24.8 Å². The van der Waals surface area contributed by atoms with Crippen molar-refractivity contribution in [3.05, 3.63) is 47.4 Å². The van der Waals surface area contributed by atoms with Gasteiger partial charge < -0.3 is 16.8 Å². The second-order valence-corrected chi connectivity index (χ2v) is 4.27. The Morgan fingerprint density at radius 1 is 1.32 bits per heavy atom. The van der Waals surface area contributed by atoms with Crippen LogP contribution in [0, 0.1) is 0 Å². The summed E-state index contributed by atoms with van der Waals surface area (Å²) >= 11 is 0. The fourth-order valence-corrected chi connectivity index (χ4v) is 1.71. The van der Waals surface area contributed by atoms with E-state index in [9.17, 15) is 9.59 Å². The van der Waals surface area contributed by atoms with Crippen LogP contribution < -0.4 is 16.8 Å². The molecule has 0 atom stereocenters. The zero-order valence-corrected chi connectivity index (χ0v) is 11.6. The van der Waals surface area contributed by atoms with Crippen molar-refractivity contribution in [2.24, 2.45) is 16.5 Å². The molecule has 5 N–H and O–H groups in total. The third-order valence-electron chi connectivity index (χ3n) is 2.75. The SMILES string of the molecule is N/C=N/c1ncc(CNc2ccc(C=O)cc2)nc1C(N)=O. The van der Waals surface area contributed by atoms with Gasteiger partial charge in [-0.1, -0.05) is 0 Å². The first-order valence-electron chi connectivity index (χ1n) is 6.33. The van der Waals surface area contributed by atoms with E-state index in [1.54, 1.807) is 24.3 Å². The van der Waals surface area contributed by atoms with Gasteiger partial charge in [0, 0.05) is 11.3 Å². The third-order valence-corrected chi connectivity index (χ3v) is 2.75. The minimum atomic E-state index is -0.731. The molecule has 8 heteroatoms. The molecule has 2 rings (SSSR count). The fourth-order valence-electron chi connectivity index (χ4n) is 1.71. The van der Waals surface area contributed by atoms with Crippen LogP contribution in [0.4, 0.5) is 11.5 Å². The average molecular weight is 298 g/mol. The van der Waals surface area contributed by atoms with Gasteiger partial charge >= 0.3 is 0 Å². The van der Waals surface area contributed by atoms with E-state index in [4.69, 9.17) is 11.5 Å². The van der Waals surface area contributed by atoms with Crippen LogP contribution in [0.2, 0.25) is 0 Å². The lowest BCUT2D eigenvalue weighted by atomic mass is 10.2. The summed E-state index contributed by atoms with van der Waals surface area (Å²) in [6.07, 6.45) is 3.26. The van der Waals surface area contributed by atoms with Crippen molar-refractivity contribution in [1.82, 2.24) is 9.97 Å². The largest absolute Gasteiger partial charge is 0.390 e. The molecule has 1 aromatic carbocycles. The monoisotopic (exact) mass is 298 g/mol. The lowest BCUT2D eigenvalue weighted by molar-refractivity contribution is 0.0995. The summed E-state index contributed by atoms with van der Waals surface area (Å²) in [6, 6.07) is 6.91. The number of hydrogen-bond acceptors (Lipinski definition) is 6. The third kappa shape index (κ3) is 3.63. The lowest BCUT2D eigenvalue weighted by Crippen LogP contribution is -2.16. The van der Waals surface area contributed by atoms with Crippen LogP contribution in [0.15, 0.2) is 35.5 Å². The highest BCUT2D eigenvalue weighted by molar-refractivity contribution is 5.95. The standard InChI is InChI=1S/C14H14N6O2/c15-8-19-14-12(13(16)22)20-11(6-18-14)5-17-10-3-1-9(7-21)2-4-10/h1-4,6-8,17H,5H2,(H2,16,22)(H2,15,18,19). The van der Waals surface area contributed by atoms with E-state index < -0.39 is 5.91 Å². The van der Waals surface area contributed by atoms with E-state index in [1.165, 1.54) is 6.20 Å². The number of carbonyl (C=O) groups excluding carboxylic acids is 2. The van der Waals surface area contributed by atoms with Crippen LogP contribution in [0.1, 0.15) is 26.5 Å². The number of hydrogen-bond donors (Lipinski definition) is 3. The van der Waals surface area contributed by atoms with Crippen LogP contribution in [-0.4, -0.2) is 28.5 Å². The van der Waals surface area contributed by atoms with Crippen molar-refractivity contribution in [2.75, 3.05) is 5.32 Å². The van der Waals surface area contributed by atoms with Crippen LogP contribution in [0.25, 0.3) is 0 Å². The van der Waals surface area contributed by atoms with Crippen molar-refractivity contribution in [3.8, 4) is 0 Å². The van der Waals surface area contributed by atoms with Gasteiger partial charge in [-0.15, -0.1) is 0 Å². The van der Waals surface area contributed by atoms with Gasteiger partial charge in [-0.2, -0.15) is 0 Å². The molecule has 0 fully saturated rings. The zero-order chi connectivity index (χ0) is 15.9. The summed E-state index contributed by atoms with van der Waals surface area (Å²) < 4.78 is 0. The molecule has 2 aromatic rings. The number of nitrogens with two attached hydrogens (primary N) is 2. The Balaban J connectivity index is 2.13. The van der Waals surface area contributed by atoms with Crippen molar-refractivity contribution in [1.29, 1.82) is 0 Å². The number of nitrogens with one attached hydrogen (secondary N) is 1. The lowest BCUT2D eigenvalue weighted by Gasteiger charge is -2.07. The number of benzene rings is 1. The number of amides is 1. The number of nitrogens with zero attached hydrogens (tertiary/aromatic N) is 3. The first-order chi connectivity index (χ1) is 10.6. The molecule has 0 aliphatic carbocycles. The molecular weight excluding hydrogens is 284 g/mol. The van der Waals surface area contributed by atoms with E-state index in [0.717, 1.165) is 18.3 Å². The summed E-state index contributed by atoms with van der Waals surface area (Å²) in [7, 11) is 0. The van der Waals surface area contributed by atoms with E-state index in [0.29, 0.717) is 17.8 Å². The molecule has 1 heterocycles. The van der Waals surface area contributed by atoms with Gasteiger partial charge in [0.25, 0.3) is 5.91 Å². The molecule has 0 radical (unpaired) electrons. The molecule has 0 spiro atoms. The molecule has 112 valence electrons. The maximum atomic E-state index is 11.3. The Bertz CT molecular complexity index is 712. The normalized spacial score (nSPS) is 10.5. The quantitative estimate of drug-likeness (QED) is 0.406. The highest BCUT2D eigenvalue weighted by atomic mass is 16.1. The molecule has 1 aromatic heterocycles. The molecule has 0 aliphatic heterocycles. The highest BCUT2D eigenvalue weighted by Crippen LogP contribution is 2.14. The number of aldehydes is 1. The second-order valence-electron chi connectivity index (χ2n) is 4.27. The zero-order valence-electron chi connectivity index (χ0n) is 11.6. The van der Waals surface area contributed by atoms with E-state index in [2.05, 4.69) is 20.3 Å². The first kappa shape index (κ1) is 15.1. The Morgan fingerprint density at radius 2 is 2.05 bits per heavy atom. The fraction of sp³-hybridized carbons (Fsp3) is 0.0714. The Labute approximate surface area is 126 Å². The molecule has 22 heavy (non-hydrogen) atoms. The van der Waals surface area contributed by atoms with Crippen molar-refractivity contribution >= 4 is 30.0 Å². The van der Waals surface area contributed by atoms with Crippen molar-refractivity contribution < 1.29 is 9.59 Å². The van der Waals surface area contributed by atoms with Crippen LogP contribution in [0.3, 0.4) is 0 Å². The maximum Gasteiger partial charge on any atom is 0.271 e. The number of aliphatic imine (C=N–C) groups is 1. The molecule has 8 nitrogen and oxygen atoms in total. The Kier molecular flexibility index (Phi) is 4.76. The first-order valence-corrected chi connectivity index (χ1v) is 6.33. The number of aromatic nitrogens is 2. The summed E-state index contributed by atoms with van der Waals surface area (Å²) in [4.78, 5) is 33.8. The second kappa shape index (κ2) is 6.93. The summed E-state index contributed by atoms with van der Waals surface area (Å²) in [5, 5.41) is 3.10. The van der Waals surface area contributed by atoms with Crippen LogP contribution >= 0.6 is 0 Å². The summed E-state index contributed by atoms with van der Waals surface area (Å²) in [6.45, 7) is 0.334. The summed E-state index contributed by atoms with van der Waals surface area (Å²) in [5.74, 6) is -0.653. The van der Waals surface area contributed by atoms with Gasteiger partial charge in [-0.05, 0) is 24.3 Å². The molecule has 0 saturated heterocycles. The summed E-state index contributed by atoms with van der Waals surface area (Å²) in [5.41, 5.74) is 12.3. The van der Waals surface area contributed by atoms with E-state index in [1.807, 2.05) is 0 Å². The topological polar surface area (TPSA) is 136 Å². The minimum Gasteiger partial charge on any atom is -0.390 e. The Morgan fingerprint density at radius 3 is 2.64 bits per heavy atom. The van der Waals surface area contributed by atoms with Crippen LogP contribution in [0.5, 0.6) is 0 Å². The predicted molar refractivity (Wildman–Crippen MR) is 82.0 cm³/mol. The van der Waals surface area contributed by atoms with Gasteiger partial charge in [0.15, 0.2) is 11.5 Å². The number of primary amides is 1. The van der Waals surface area contributed by atoms with Gasteiger partial charge in [-0.3, -0.25) is 9.59 Å². The molecule has 0 aliphatic rings. The number of rotatable bonds is 6. The minimum absolute atomic E-state index is 0.0442. The Hall–Kier alpha value is -3.29. The predicted octanol–water partition coefficient (Wildman–Crippen LogP) is 0.619. The maximum absolute atomic E-state index is 11.3. The van der Waals surface area contributed by atoms with Crippen LogP contribution in [-0.2, 0) is 6.54 Å². The van der Waals surface area contributed by atoms with E-state index >= 15 is 0 Å². The van der Waals surface area contributed by atoms with Crippen molar-refractivity contribution in [2.45, 2.75) is 6.54 Å². The molecule has 0 saturated carbocycles. The average Bonchev–Trinajstić information content (AvgIpc) is 2.54. The van der Waals surface area contributed by atoms with E-state index in [-0.39, 0.29) is 11.5 Å². The number of anilines is 1.